The van der Waals surface area contributed by atoms with E-state index >= 15 is 0 Å². The fourth-order valence-corrected chi connectivity index (χ4v) is 4.07. The Morgan fingerprint density at radius 1 is 0.923 bits per heavy atom. The maximum atomic E-state index is 12.7. The summed E-state index contributed by atoms with van der Waals surface area (Å²) in [5.74, 6) is -0.163. The summed E-state index contributed by atoms with van der Waals surface area (Å²) in [5, 5.41) is 2.62. The Labute approximate surface area is 234 Å². The van der Waals surface area contributed by atoms with Crippen LogP contribution in [0.2, 0.25) is 10.0 Å². The third-order valence-electron chi connectivity index (χ3n) is 5.52. The van der Waals surface area contributed by atoms with Crippen molar-refractivity contribution in [3.05, 3.63) is 52.0 Å². The Balaban J connectivity index is 1.40. The highest BCUT2D eigenvalue weighted by Crippen LogP contribution is 2.34. The van der Waals surface area contributed by atoms with Crippen molar-refractivity contribution in [2.75, 3.05) is 51.3 Å². The topological polar surface area (TPSA) is 80.3 Å². The van der Waals surface area contributed by atoms with Crippen LogP contribution < -0.4 is 14.8 Å². The van der Waals surface area contributed by atoms with Crippen molar-refractivity contribution in [2.45, 2.75) is 32.5 Å². The van der Waals surface area contributed by atoms with Gasteiger partial charge in [0.15, 0.2) is 6.61 Å². The van der Waals surface area contributed by atoms with Gasteiger partial charge in [-0.15, -0.1) is 0 Å². The van der Waals surface area contributed by atoms with E-state index < -0.39 is 29.9 Å². The monoisotopic (exact) mass is 591 g/mol. The smallest absolute Gasteiger partial charge is 0.416 e. The molecule has 0 atom stereocenters. The fraction of sp³-hybridized carbons (Fsp3) is 0.462. The minimum Gasteiger partial charge on any atom is -0.491 e. The summed E-state index contributed by atoms with van der Waals surface area (Å²) in [7, 11) is 0. The number of nitrogens with zero attached hydrogens (tertiary/aromatic N) is 2. The van der Waals surface area contributed by atoms with Crippen LogP contribution >= 0.6 is 23.2 Å². The number of ether oxygens (including phenoxy) is 3. The highest BCUT2D eigenvalue weighted by atomic mass is 35.5. The minimum atomic E-state index is -4.53. The van der Waals surface area contributed by atoms with E-state index in [1.807, 2.05) is 20.8 Å². The van der Waals surface area contributed by atoms with Crippen LogP contribution in [0.5, 0.6) is 11.5 Å². The number of carbonyl (C=O) groups excluding carboxylic acids is 2. The van der Waals surface area contributed by atoms with Crippen LogP contribution in [-0.4, -0.2) is 73.3 Å². The molecule has 2 aromatic carbocycles. The lowest BCUT2D eigenvalue weighted by Crippen LogP contribution is -2.50. The second kappa shape index (κ2) is 13.0. The molecular formula is C26H30Cl2F3N3O5. The van der Waals surface area contributed by atoms with Crippen LogP contribution in [0.1, 0.15) is 26.3 Å². The van der Waals surface area contributed by atoms with Crippen LogP contribution in [0.25, 0.3) is 0 Å². The maximum absolute atomic E-state index is 12.7. The molecule has 1 saturated heterocycles. The van der Waals surface area contributed by atoms with Crippen molar-refractivity contribution in [2.24, 2.45) is 0 Å². The number of halogens is 5. The summed E-state index contributed by atoms with van der Waals surface area (Å²) in [4.78, 5) is 28.3. The van der Waals surface area contributed by atoms with Crippen molar-refractivity contribution in [1.82, 2.24) is 9.80 Å². The molecule has 1 N–H and O–H groups in total. The molecular weight excluding hydrogens is 562 g/mol. The number of alkyl halides is 3. The standard InChI is InChI=1S/C26H30Cl2F3N3O5/c1-25(2,3)39-24(36)34-10-8-33(9-11-34)12-13-37-21-7-5-18(15-20(21)28)32-23(35)16-38-22-6-4-17(14-19(22)27)26(29,30)31/h4-7,14-15H,8-13,16H2,1-3H3,(H,32,35). The molecule has 1 heterocycles. The van der Waals surface area contributed by atoms with Gasteiger partial charge in [-0.25, -0.2) is 4.79 Å². The number of hydrogen-bond donors (Lipinski definition) is 1. The zero-order chi connectivity index (χ0) is 28.8. The van der Waals surface area contributed by atoms with Crippen molar-refractivity contribution in [3.8, 4) is 11.5 Å². The number of amides is 2. The van der Waals surface area contributed by atoms with Gasteiger partial charge in [-0.2, -0.15) is 13.2 Å². The molecule has 3 rings (SSSR count). The molecule has 0 saturated carbocycles. The largest absolute Gasteiger partial charge is 0.491 e. The average Bonchev–Trinajstić information content (AvgIpc) is 2.83. The first-order chi connectivity index (χ1) is 18.2. The number of rotatable bonds is 8. The molecule has 13 heteroatoms. The van der Waals surface area contributed by atoms with E-state index in [0.717, 1.165) is 18.2 Å². The van der Waals surface area contributed by atoms with Crippen LogP contribution in [-0.2, 0) is 15.7 Å². The van der Waals surface area contributed by atoms with Gasteiger partial charge >= 0.3 is 12.3 Å². The summed E-state index contributed by atoms with van der Waals surface area (Å²) >= 11 is 12.1. The lowest BCUT2D eigenvalue weighted by Gasteiger charge is -2.35. The first-order valence-electron chi connectivity index (χ1n) is 12.1. The number of nitrogens with one attached hydrogen (secondary N) is 1. The van der Waals surface area contributed by atoms with Gasteiger partial charge in [-0.3, -0.25) is 9.69 Å². The molecule has 1 aliphatic rings. The molecule has 0 unspecified atom stereocenters. The summed E-state index contributed by atoms with van der Waals surface area (Å²) < 4.78 is 54.7. The van der Waals surface area contributed by atoms with Gasteiger partial charge in [0.05, 0.1) is 15.6 Å². The first kappa shape index (κ1) is 30.6. The minimum absolute atomic E-state index is 0.0483. The normalized spacial score (nSPS) is 14.6. The van der Waals surface area contributed by atoms with E-state index in [1.54, 1.807) is 17.0 Å². The van der Waals surface area contributed by atoms with Crippen molar-refractivity contribution in [3.63, 3.8) is 0 Å². The molecule has 0 bridgehead atoms. The molecule has 214 valence electrons. The average molecular weight is 592 g/mol. The Kier molecular flexibility index (Phi) is 10.2. The molecule has 1 fully saturated rings. The second-order valence-electron chi connectivity index (χ2n) is 9.78. The third kappa shape index (κ3) is 9.66. The van der Waals surface area contributed by atoms with Crippen LogP contribution in [0, 0.1) is 0 Å². The molecule has 39 heavy (non-hydrogen) atoms. The lowest BCUT2D eigenvalue weighted by molar-refractivity contribution is -0.137. The molecule has 1 aliphatic heterocycles. The number of carbonyl (C=O) groups is 2. The van der Waals surface area contributed by atoms with Crippen molar-refractivity contribution >= 4 is 40.9 Å². The third-order valence-corrected chi connectivity index (χ3v) is 6.11. The zero-order valence-electron chi connectivity index (χ0n) is 21.7. The van der Waals surface area contributed by atoms with Crippen LogP contribution in [0.3, 0.4) is 0 Å². The Morgan fingerprint density at radius 3 is 2.13 bits per heavy atom. The molecule has 0 aromatic heterocycles. The highest BCUT2D eigenvalue weighted by molar-refractivity contribution is 6.32. The van der Waals surface area contributed by atoms with Crippen LogP contribution in [0.15, 0.2) is 36.4 Å². The Morgan fingerprint density at radius 2 is 1.54 bits per heavy atom. The van der Waals surface area contributed by atoms with E-state index in [2.05, 4.69) is 10.2 Å². The summed E-state index contributed by atoms with van der Waals surface area (Å²) in [6.45, 7) is 8.58. The number of anilines is 1. The van der Waals surface area contributed by atoms with Crippen molar-refractivity contribution < 1.29 is 37.0 Å². The molecule has 0 aliphatic carbocycles. The summed E-state index contributed by atoms with van der Waals surface area (Å²) in [6, 6.07) is 7.34. The van der Waals surface area contributed by atoms with E-state index in [-0.39, 0.29) is 21.9 Å². The fourth-order valence-electron chi connectivity index (χ4n) is 3.60. The van der Waals surface area contributed by atoms with E-state index in [4.69, 9.17) is 37.4 Å². The SMILES string of the molecule is CC(C)(C)OC(=O)N1CCN(CCOc2ccc(NC(=O)COc3ccc(C(F)(F)F)cc3Cl)cc2Cl)CC1. The molecule has 8 nitrogen and oxygen atoms in total. The first-order valence-corrected chi connectivity index (χ1v) is 12.9. The Bertz CT molecular complexity index is 1170. The summed E-state index contributed by atoms with van der Waals surface area (Å²) in [6.07, 6.45) is -4.85. The maximum Gasteiger partial charge on any atom is 0.416 e. The zero-order valence-corrected chi connectivity index (χ0v) is 23.3. The number of piperazine rings is 1. The molecule has 0 spiro atoms. The van der Waals surface area contributed by atoms with Gasteiger partial charge in [0.1, 0.15) is 23.7 Å². The van der Waals surface area contributed by atoms with E-state index in [1.165, 1.54) is 6.07 Å². The van der Waals surface area contributed by atoms with Gasteiger partial charge in [0.25, 0.3) is 5.91 Å². The van der Waals surface area contributed by atoms with E-state index in [0.29, 0.717) is 50.8 Å². The quantitative estimate of drug-likeness (QED) is 0.408. The molecule has 2 aromatic rings. The van der Waals surface area contributed by atoms with Gasteiger partial charge in [-0.1, -0.05) is 23.2 Å². The van der Waals surface area contributed by atoms with E-state index in [9.17, 15) is 22.8 Å². The second-order valence-corrected chi connectivity index (χ2v) is 10.6. The Hall–Kier alpha value is -2.89. The number of hydrogen-bond acceptors (Lipinski definition) is 6. The van der Waals surface area contributed by atoms with Gasteiger partial charge in [0, 0.05) is 38.4 Å². The molecule has 0 radical (unpaired) electrons. The molecule has 2 amide bonds. The predicted molar refractivity (Wildman–Crippen MR) is 142 cm³/mol. The van der Waals surface area contributed by atoms with Gasteiger partial charge in [-0.05, 0) is 57.2 Å². The van der Waals surface area contributed by atoms with Crippen LogP contribution in [0.4, 0.5) is 23.7 Å². The lowest BCUT2D eigenvalue weighted by atomic mass is 10.2. The van der Waals surface area contributed by atoms with Gasteiger partial charge < -0.3 is 24.4 Å². The predicted octanol–water partition coefficient (Wildman–Crippen LogP) is 5.96. The van der Waals surface area contributed by atoms with Gasteiger partial charge in [0.2, 0.25) is 0 Å². The number of benzene rings is 2. The van der Waals surface area contributed by atoms with Crippen molar-refractivity contribution in [1.29, 1.82) is 0 Å². The highest BCUT2D eigenvalue weighted by Gasteiger charge is 2.31. The summed E-state index contributed by atoms with van der Waals surface area (Å²) in [5.41, 5.74) is -1.06.